The SMILES string of the molecule is O=C(/C=C/c1ccc([N+](=O)[O-])o1)Nc1nn(Cc2ccccc2Cl)cc1Cl. The topological polar surface area (TPSA) is 103 Å². The zero-order valence-corrected chi connectivity index (χ0v) is 15.1. The highest BCUT2D eigenvalue weighted by Gasteiger charge is 2.12. The molecule has 0 aliphatic heterocycles. The Morgan fingerprint density at radius 3 is 2.74 bits per heavy atom. The molecule has 3 aromatic rings. The quantitative estimate of drug-likeness (QED) is 0.371. The van der Waals surface area contributed by atoms with Crippen molar-refractivity contribution < 1.29 is 14.1 Å². The number of nitrogens with one attached hydrogen (secondary N) is 1. The fourth-order valence-electron chi connectivity index (χ4n) is 2.21. The second-order valence-corrected chi connectivity index (χ2v) is 6.18. The number of furan rings is 1. The van der Waals surface area contributed by atoms with Gasteiger partial charge in [-0.2, -0.15) is 5.10 Å². The predicted molar refractivity (Wildman–Crippen MR) is 101 cm³/mol. The van der Waals surface area contributed by atoms with E-state index >= 15 is 0 Å². The number of carbonyl (C=O) groups excluding carboxylic acids is 1. The van der Waals surface area contributed by atoms with Gasteiger partial charge in [-0.1, -0.05) is 41.4 Å². The second-order valence-electron chi connectivity index (χ2n) is 5.37. The number of nitrogens with zero attached hydrogens (tertiary/aromatic N) is 3. The monoisotopic (exact) mass is 406 g/mol. The number of nitro groups is 1. The van der Waals surface area contributed by atoms with Gasteiger partial charge in [0.15, 0.2) is 5.82 Å². The van der Waals surface area contributed by atoms with Crippen LogP contribution in [0.4, 0.5) is 11.7 Å². The van der Waals surface area contributed by atoms with Crippen LogP contribution < -0.4 is 5.32 Å². The van der Waals surface area contributed by atoms with E-state index in [0.717, 1.165) is 11.6 Å². The molecule has 0 fully saturated rings. The fourth-order valence-corrected chi connectivity index (χ4v) is 2.60. The number of rotatable bonds is 6. The molecule has 1 N–H and O–H groups in total. The van der Waals surface area contributed by atoms with E-state index in [1.807, 2.05) is 18.2 Å². The van der Waals surface area contributed by atoms with E-state index in [2.05, 4.69) is 10.4 Å². The molecule has 8 nitrogen and oxygen atoms in total. The minimum absolute atomic E-state index is 0.173. The molecule has 0 aliphatic rings. The van der Waals surface area contributed by atoms with Gasteiger partial charge in [0.25, 0.3) is 0 Å². The minimum atomic E-state index is -0.664. The first-order valence-electron chi connectivity index (χ1n) is 7.62. The molecule has 27 heavy (non-hydrogen) atoms. The fraction of sp³-hybridized carbons (Fsp3) is 0.0588. The normalized spacial score (nSPS) is 11.0. The van der Waals surface area contributed by atoms with E-state index in [0.29, 0.717) is 11.6 Å². The average Bonchev–Trinajstić information content (AvgIpc) is 3.22. The lowest BCUT2D eigenvalue weighted by Crippen LogP contribution is -2.09. The Morgan fingerprint density at radius 1 is 1.26 bits per heavy atom. The number of hydrogen-bond donors (Lipinski definition) is 1. The molecule has 1 amide bonds. The summed E-state index contributed by atoms with van der Waals surface area (Å²) in [5.41, 5.74) is 0.857. The first-order valence-corrected chi connectivity index (χ1v) is 8.37. The molecule has 10 heteroatoms. The van der Waals surface area contributed by atoms with E-state index in [9.17, 15) is 14.9 Å². The van der Waals surface area contributed by atoms with Crippen LogP contribution in [0.1, 0.15) is 11.3 Å². The maximum absolute atomic E-state index is 12.0. The minimum Gasteiger partial charge on any atom is -0.401 e. The Bertz CT molecular complexity index is 1030. The van der Waals surface area contributed by atoms with Crippen molar-refractivity contribution in [1.29, 1.82) is 0 Å². The van der Waals surface area contributed by atoms with E-state index in [4.69, 9.17) is 27.6 Å². The summed E-state index contributed by atoms with van der Waals surface area (Å²) >= 11 is 12.2. The third kappa shape index (κ3) is 4.75. The van der Waals surface area contributed by atoms with Gasteiger partial charge in [0.1, 0.15) is 15.7 Å². The molecule has 1 aromatic carbocycles. The highest BCUT2D eigenvalue weighted by atomic mass is 35.5. The van der Waals surface area contributed by atoms with Crippen LogP contribution in [0.25, 0.3) is 6.08 Å². The Labute approximate surface area is 163 Å². The van der Waals surface area contributed by atoms with E-state index in [-0.39, 0.29) is 16.6 Å². The van der Waals surface area contributed by atoms with Crippen LogP contribution >= 0.6 is 23.2 Å². The molecule has 0 radical (unpaired) electrons. The zero-order valence-electron chi connectivity index (χ0n) is 13.6. The van der Waals surface area contributed by atoms with Crippen LogP contribution in [0.3, 0.4) is 0 Å². The van der Waals surface area contributed by atoms with E-state index < -0.39 is 16.7 Å². The molecule has 0 spiro atoms. The molecule has 0 bridgehead atoms. The number of benzene rings is 1. The van der Waals surface area contributed by atoms with E-state index in [1.165, 1.54) is 18.2 Å². The first kappa shape index (κ1) is 18.7. The van der Waals surface area contributed by atoms with Gasteiger partial charge in [0.2, 0.25) is 5.91 Å². The van der Waals surface area contributed by atoms with Gasteiger partial charge in [-0.3, -0.25) is 19.6 Å². The summed E-state index contributed by atoms with van der Waals surface area (Å²) in [4.78, 5) is 21.9. The molecule has 138 valence electrons. The largest absolute Gasteiger partial charge is 0.433 e. The molecule has 0 aliphatic carbocycles. The summed E-state index contributed by atoms with van der Waals surface area (Å²) in [5.74, 6) is -0.564. The van der Waals surface area contributed by atoms with Gasteiger partial charge < -0.3 is 9.73 Å². The number of hydrogen-bond acceptors (Lipinski definition) is 5. The standard InChI is InChI=1S/C17H12Cl2N4O4/c18-13-4-2-1-3-11(13)9-22-10-14(19)17(21-22)20-15(24)7-5-12-6-8-16(27-12)23(25)26/h1-8,10H,9H2,(H,20,21,24)/b7-5+. The maximum Gasteiger partial charge on any atom is 0.433 e. The molecule has 3 rings (SSSR count). The van der Waals surface area contributed by atoms with Crippen LogP contribution in [0.5, 0.6) is 0 Å². The highest BCUT2D eigenvalue weighted by molar-refractivity contribution is 6.33. The third-order valence-corrected chi connectivity index (χ3v) is 4.09. The molecule has 0 unspecified atom stereocenters. The molecule has 2 aromatic heterocycles. The van der Waals surface area contributed by atoms with Crippen molar-refractivity contribution in [1.82, 2.24) is 9.78 Å². The van der Waals surface area contributed by atoms with Gasteiger partial charge in [0, 0.05) is 17.3 Å². The Hall–Kier alpha value is -3.10. The molecule has 0 saturated heterocycles. The van der Waals surface area contributed by atoms with Gasteiger partial charge >= 0.3 is 5.88 Å². The summed E-state index contributed by atoms with van der Waals surface area (Å²) in [7, 11) is 0. The van der Waals surface area contributed by atoms with Crippen molar-refractivity contribution in [3.63, 3.8) is 0 Å². The van der Waals surface area contributed by atoms with Crippen LogP contribution in [-0.2, 0) is 11.3 Å². The van der Waals surface area contributed by atoms with Crippen molar-refractivity contribution in [2.45, 2.75) is 6.54 Å². The van der Waals surface area contributed by atoms with Gasteiger partial charge in [-0.25, -0.2) is 0 Å². The predicted octanol–water partition coefficient (Wildman–Crippen LogP) is 4.39. The van der Waals surface area contributed by atoms with Gasteiger partial charge in [0.05, 0.1) is 12.6 Å². The summed E-state index contributed by atoms with van der Waals surface area (Å²) < 4.78 is 6.48. The van der Waals surface area contributed by atoms with Crippen molar-refractivity contribution in [2.75, 3.05) is 5.32 Å². The third-order valence-electron chi connectivity index (χ3n) is 3.44. The molecular weight excluding hydrogens is 395 g/mol. The lowest BCUT2D eigenvalue weighted by molar-refractivity contribution is -0.402. The molecule has 2 heterocycles. The Balaban J connectivity index is 1.65. The number of amides is 1. The van der Waals surface area contributed by atoms with Crippen molar-refractivity contribution in [2.24, 2.45) is 0 Å². The highest BCUT2D eigenvalue weighted by Crippen LogP contribution is 2.22. The maximum atomic E-state index is 12.0. The van der Waals surface area contributed by atoms with Crippen LogP contribution in [0.2, 0.25) is 10.0 Å². The van der Waals surface area contributed by atoms with Crippen LogP contribution in [0, 0.1) is 10.1 Å². The number of aromatic nitrogens is 2. The summed E-state index contributed by atoms with van der Waals surface area (Å²) in [6.45, 7) is 0.390. The summed E-state index contributed by atoms with van der Waals surface area (Å²) in [5, 5.41) is 18.2. The van der Waals surface area contributed by atoms with Crippen molar-refractivity contribution in [3.05, 3.63) is 80.2 Å². The average molecular weight is 407 g/mol. The molecular formula is C17H12Cl2N4O4. The Kier molecular flexibility index (Phi) is 5.58. The Morgan fingerprint density at radius 2 is 2.04 bits per heavy atom. The van der Waals surface area contributed by atoms with Crippen molar-refractivity contribution in [3.8, 4) is 0 Å². The zero-order chi connectivity index (χ0) is 19.4. The lowest BCUT2D eigenvalue weighted by Gasteiger charge is -2.03. The number of anilines is 1. The smallest absolute Gasteiger partial charge is 0.401 e. The number of carbonyl (C=O) groups is 1. The van der Waals surface area contributed by atoms with Crippen LogP contribution in [-0.4, -0.2) is 20.6 Å². The molecule has 0 saturated carbocycles. The summed E-state index contributed by atoms with van der Waals surface area (Å²) in [6.07, 6.45) is 4.03. The van der Waals surface area contributed by atoms with E-state index in [1.54, 1.807) is 16.9 Å². The van der Waals surface area contributed by atoms with Crippen molar-refractivity contribution >= 4 is 46.9 Å². The number of halogens is 2. The first-order chi connectivity index (χ1) is 12.9. The van der Waals surface area contributed by atoms with Crippen LogP contribution in [0.15, 0.2) is 53.1 Å². The molecule has 0 atom stereocenters. The van der Waals surface area contributed by atoms with Gasteiger partial charge in [-0.05, 0) is 23.8 Å². The second kappa shape index (κ2) is 8.07. The lowest BCUT2D eigenvalue weighted by atomic mass is 10.2. The summed E-state index contributed by atoms with van der Waals surface area (Å²) in [6, 6.07) is 9.90. The van der Waals surface area contributed by atoms with Gasteiger partial charge in [-0.15, -0.1) is 0 Å².